The predicted octanol–water partition coefficient (Wildman–Crippen LogP) is 1.23. The lowest BCUT2D eigenvalue weighted by atomic mass is 9.99. The Labute approximate surface area is 167 Å². The largest absolute Gasteiger partial charge is 0.396 e. The van der Waals surface area contributed by atoms with E-state index in [4.69, 9.17) is 4.74 Å². The maximum atomic E-state index is 12.9. The second-order valence-electron chi connectivity index (χ2n) is 8.21. The van der Waals surface area contributed by atoms with Crippen molar-refractivity contribution in [2.75, 3.05) is 64.0 Å². The predicted molar refractivity (Wildman–Crippen MR) is 108 cm³/mol. The van der Waals surface area contributed by atoms with Crippen LogP contribution in [0.1, 0.15) is 36.0 Å². The van der Waals surface area contributed by atoms with Crippen molar-refractivity contribution in [3.8, 4) is 0 Å². The number of aliphatic hydroxyl groups excluding tert-OH is 1. The van der Waals surface area contributed by atoms with Crippen LogP contribution in [-0.2, 0) is 4.74 Å². The Morgan fingerprint density at radius 2 is 1.89 bits per heavy atom. The fourth-order valence-electron chi connectivity index (χ4n) is 4.68. The van der Waals surface area contributed by atoms with E-state index in [1.54, 1.807) is 6.20 Å². The number of aromatic nitrogens is 1. The summed E-state index contributed by atoms with van der Waals surface area (Å²) in [4.78, 5) is 24.1. The van der Waals surface area contributed by atoms with E-state index in [-0.39, 0.29) is 12.5 Å². The van der Waals surface area contributed by atoms with Gasteiger partial charge in [0, 0.05) is 58.1 Å². The maximum Gasteiger partial charge on any atom is 0.255 e. The number of ether oxygens (including phenoxy) is 1. The maximum absolute atomic E-state index is 12.9. The zero-order valence-corrected chi connectivity index (χ0v) is 16.6. The molecule has 3 aliphatic heterocycles. The normalized spacial score (nSPS) is 25.1. The van der Waals surface area contributed by atoms with Crippen molar-refractivity contribution in [3.63, 3.8) is 0 Å². The van der Waals surface area contributed by atoms with Crippen LogP contribution in [0.25, 0.3) is 0 Å². The average Bonchev–Trinajstić information content (AvgIpc) is 2.79. The molecule has 7 heteroatoms. The number of pyridine rings is 1. The van der Waals surface area contributed by atoms with Crippen molar-refractivity contribution < 1.29 is 14.6 Å². The zero-order valence-electron chi connectivity index (χ0n) is 16.6. The Balaban J connectivity index is 1.31. The number of morpholine rings is 1. The molecular formula is C21H32N4O3. The minimum absolute atomic E-state index is 0.0892. The lowest BCUT2D eigenvalue weighted by molar-refractivity contribution is 0.00158. The first-order valence-corrected chi connectivity index (χ1v) is 10.7. The molecule has 1 atom stereocenters. The number of anilines is 1. The van der Waals surface area contributed by atoms with Crippen molar-refractivity contribution in [3.05, 3.63) is 23.9 Å². The third-order valence-electron chi connectivity index (χ3n) is 6.41. The molecule has 154 valence electrons. The number of hydrogen-bond donors (Lipinski definition) is 1. The van der Waals surface area contributed by atoms with Gasteiger partial charge in [0.1, 0.15) is 5.82 Å². The first kappa shape index (κ1) is 19.6. The van der Waals surface area contributed by atoms with Crippen LogP contribution in [0.5, 0.6) is 0 Å². The first-order chi connectivity index (χ1) is 13.7. The van der Waals surface area contributed by atoms with Crippen LogP contribution in [0.15, 0.2) is 18.3 Å². The number of nitrogens with zero attached hydrogens (tertiary/aromatic N) is 4. The van der Waals surface area contributed by atoms with Gasteiger partial charge in [-0.15, -0.1) is 0 Å². The lowest BCUT2D eigenvalue weighted by Gasteiger charge is -2.40. The molecule has 3 saturated heterocycles. The van der Waals surface area contributed by atoms with E-state index in [0.717, 1.165) is 84.0 Å². The Bertz CT molecular complexity index is 640. The van der Waals surface area contributed by atoms with Crippen LogP contribution >= 0.6 is 0 Å². The molecule has 4 rings (SSSR count). The van der Waals surface area contributed by atoms with Gasteiger partial charge in [-0.05, 0) is 43.7 Å². The van der Waals surface area contributed by atoms with Gasteiger partial charge in [-0.1, -0.05) is 0 Å². The summed E-state index contributed by atoms with van der Waals surface area (Å²) in [5, 5.41) is 9.41. The highest BCUT2D eigenvalue weighted by atomic mass is 16.5. The molecule has 1 N–H and O–H groups in total. The molecule has 3 fully saturated rings. The quantitative estimate of drug-likeness (QED) is 0.837. The molecule has 0 aromatic carbocycles. The monoisotopic (exact) mass is 388 g/mol. The van der Waals surface area contributed by atoms with E-state index in [1.807, 2.05) is 17.0 Å². The molecule has 0 saturated carbocycles. The summed E-state index contributed by atoms with van der Waals surface area (Å²) in [5.41, 5.74) is 0.671. The second kappa shape index (κ2) is 9.20. The smallest absolute Gasteiger partial charge is 0.255 e. The number of piperidine rings is 2. The van der Waals surface area contributed by atoms with Crippen LogP contribution in [0.3, 0.4) is 0 Å². The SMILES string of the molecule is O=C(c1ccc(N2CCC[C@@H](CO)C2)nc1)N1CCC(N2CCOCC2)CC1. The average molecular weight is 389 g/mol. The summed E-state index contributed by atoms with van der Waals surface area (Å²) in [6.45, 7) is 7.33. The Hall–Kier alpha value is -1.70. The molecule has 1 aromatic rings. The van der Waals surface area contributed by atoms with Crippen molar-refractivity contribution in [2.45, 2.75) is 31.7 Å². The van der Waals surface area contributed by atoms with Gasteiger partial charge < -0.3 is 19.6 Å². The van der Waals surface area contributed by atoms with Crippen molar-refractivity contribution in [2.24, 2.45) is 5.92 Å². The minimum Gasteiger partial charge on any atom is -0.396 e. The van der Waals surface area contributed by atoms with Crippen LogP contribution in [-0.4, -0.2) is 90.9 Å². The van der Waals surface area contributed by atoms with E-state index < -0.39 is 0 Å². The van der Waals surface area contributed by atoms with Gasteiger partial charge in [0.2, 0.25) is 0 Å². The number of amides is 1. The van der Waals surface area contributed by atoms with Crippen LogP contribution in [0.4, 0.5) is 5.82 Å². The third-order valence-corrected chi connectivity index (χ3v) is 6.41. The molecule has 28 heavy (non-hydrogen) atoms. The molecule has 7 nitrogen and oxygen atoms in total. The standard InChI is InChI=1S/C21H32N4O3/c26-16-17-2-1-7-25(15-17)20-4-3-18(14-22-20)21(27)24-8-5-19(6-9-24)23-10-12-28-13-11-23/h3-4,14,17,19,26H,1-2,5-13,15-16H2/t17-/m1/s1. The molecule has 0 spiro atoms. The molecule has 0 unspecified atom stereocenters. The minimum atomic E-state index is 0.0892. The summed E-state index contributed by atoms with van der Waals surface area (Å²) in [6.07, 6.45) is 5.94. The van der Waals surface area contributed by atoms with Crippen molar-refractivity contribution in [1.29, 1.82) is 0 Å². The summed E-state index contributed by atoms with van der Waals surface area (Å²) in [7, 11) is 0. The molecule has 0 aliphatic carbocycles. The van der Waals surface area contributed by atoms with Gasteiger partial charge in [0.25, 0.3) is 5.91 Å². The summed E-state index contributed by atoms with van der Waals surface area (Å²) < 4.78 is 5.44. The Morgan fingerprint density at radius 1 is 1.11 bits per heavy atom. The third kappa shape index (κ3) is 4.47. The lowest BCUT2D eigenvalue weighted by Crippen LogP contribution is -2.50. The molecule has 4 heterocycles. The van der Waals surface area contributed by atoms with Gasteiger partial charge in [-0.25, -0.2) is 4.98 Å². The first-order valence-electron chi connectivity index (χ1n) is 10.7. The Morgan fingerprint density at radius 3 is 2.57 bits per heavy atom. The molecule has 0 bridgehead atoms. The Kier molecular flexibility index (Phi) is 6.44. The molecule has 1 aromatic heterocycles. The van der Waals surface area contributed by atoms with Gasteiger partial charge in [-0.2, -0.15) is 0 Å². The van der Waals surface area contributed by atoms with Crippen molar-refractivity contribution >= 4 is 11.7 Å². The van der Waals surface area contributed by atoms with Crippen LogP contribution in [0.2, 0.25) is 0 Å². The van der Waals surface area contributed by atoms with E-state index in [0.29, 0.717) is 17.5 Å². The van der Waals surface area contributed by atoms with Gasteiger partial charge >= 0.3 is 0 Å². The zero-order chi connectivity index (χ0) is 19.3. The summed E-state index contributed by atoms with van der Waals surface area (Å²) in [6, 6.07) is 4.43. The summed E-state index contributed by atoms with van der Waals surface area (Å²) >= 11 is 0. The molecule has 3 aliphatic rings. The number of rotatable bonds is 4. The summed E-state index contributed by atoms with van der Waals surface area (Å²) in [5.74, 6) is 1.32. The van der Waals surface area contributed by atoms with E-state index in [2.05, 4.69) is 14.8 Å². The van der Waals surface area contributed by atoms with E-state index in [1.165, 1.54) is 0 Å². The highest BCUT2D eigenvalue weighted by Crippen LogP contribution is 2.23. The molecule has 0 radical (unpaired) electrons. The molecule has 1 amide bonds. The molecular weight excluding hydrogens is 356 g/mol. The van der Waals surface area contributed by atoms with Crippen molar-refractivity contribution in [1.82, 2.24) is 14.8 Å². The van der Waals surface area contributed by atoms with Crippen LogP contribution in [0, 0.1) is 5.92 Å². The fourth-order valence-corrected chi connectivity index (χ4v) is 4.68. The van der Waals surface area contributed by atoms with Gasteiger partial charge in [-0.3, -0.25) is 9.69 Å². The van der Waals surface area contributed by atoms with Gasteiger partial charge in [0.15, 0.2) is 0 Å². The number of likely N-dealkylation sites (tertiary alicyclic amines) is 1. The number of carbonyl (C=O) groups is 1. The number of aliphatic hydroxyl groups is 1. The number of hydrogen-bond acceptors (Lipinski definition) is 6. The van der Waals surface area contributed by atoms with Crippen LogP contribution < -0.4 is 4.90 Å². The van der Waals surface area contributed by atoms with E-state index >= 15 is 0 Å². The fraction of sp³-hybridized carbons (Fsp3) is 0.714. The second-order valence-corrected chi connectivity index (χ2v) is 8.21. The topological polar surface area (TPSA) is 69.1 Å². The highest BCUT2D eigenvalue weighted by Gasteiger charge is 2.28. The van der Waals surface area contributed by atoms with E-state index in [9.17, 15) is 9.90 Å². The number of carbonyl (C=O) groups excluding carboxylic acids is 1. The van der Waals surface area contributed by atoms with Gasteiger partial charge in [0.05, 0.1) is 18.8 Å². The highest BCUT2D eigenvalue weighted by molar-refractivity contribution is 5.94.